The van der Waals surface area contributed by atoms with Crippen LogP contribution in [0.15, 0.2) is 18.2 Å². The Hall–Kier alpha value is -1.31. The van der Waals surface area contributed by atoms with Gasteiger partial charge in [0.2, 0.25) is 0 Å². The highest BCUT2D eigenvalue weighted by Crippen LogP contribution is 2.32. The molecule has 0 aromatic heterocycles. The minimum absolute atomic E-state index is 0.0747. The summed E-state index contributed by atoms with van der Waals surface area (Å²) in [5, 5.41) is 18.9. The maximum absolute atomic E-state index is 12.3. The topological polar surface area (TPSA) is 77.8 Å². The summed E-state index contributed by atoms with van der Waals surface area (Å²) in [5.41, 5.74) is -0.672. The van der Waals surface area contributed by atoms with Crippen LogP contribution in [0.1, 0.15) is 23.7 Å². The second-order valence-corrected chi connectivity index (χ2v) is 6.25. The molecule has 0 bridgehead atoms. The average molecular weight is 375 g/mol. The molecule has 1 atom stereocenters. The molecule has 0 aliphatic carbocycles. The second-order valence-electron chi connectivity index (χ2n) is 5.00. The van der Waals surface area contributed by atoms with Crippen LogP contribution in [0.25, 0.3) is 0 Å². The summed E-state index contributed by atoms with van der Waals surface area (Å²) in [6, 6.07) is 4.79. The molecule has 102 valence electrons. The van der Waals surface area contributed by atoms with Crippen LogP contribution in [-0.2, 0) is 4.79 Å². The van der Waals surface area contributed by atoms with Crippen molar-refractivity contribution in [1.29, 1.82) is 0 Å². The lowest BCUT2D eigenvalue weighted by Gasteiger charge is -2.20. The van der Waals surface area contributed by atoms with Crippen molar-refractivity contribution in [1.82, 2.24) is 4.90 Å². The molecule has 0 spiro atoms. The van der Waals surface area contributed by atoms with E-state index in [0.717, 1.165) is 3.57 Å². The highest BCUT2D eigenvalue weighted by molar-refractivity contribution is 14.1. The fourth-order valence-electron chi connectivity index (χ4n) is 2.16. The highest BCUT2D eigenvalue weighted by Gasteiger charge is 2.42. The first-order valence-corrected chi connectivity index (χ1v) is 6.92. The van der Waals surface area contributed by atoms with Gasteiger partial charge in [0.05, 0.1) is 11.0 Å². The van der Waals surface area contributed by atoms with E-state index >= 15 is 0 Å². The number of carboxylic acids is 1. The van der Waals surface area contributed by atoms with Gasteiger partial charge in [0.1, 0.15) is 5.75 Å². The Bertz CT molecular complexity index is 545. The Labute approximate surface area is 124 Å². The zero-order chi connectivity index (χ0) is 14.2. The maximum atomic E-state index is 12.3. The normalized spacial score (nSPS) is 22.5. The van der Waals surface area contributed by atoms with Gasteiger partial charge in [0, 0.05) is 16.7 Å². The number of aliphatic carboxylic acids is 1. The van der Waals surface area contributed by atoms with Crippen molar-refractivity contribution in [2.75, 3.05) is 13.1 Å². The van der Waals surface area contributed by atoms with E-state index < -0.39 is 11.4 Å². The Morgan fingerprint density at radius 3 is 2.68 bits per heavy atom. The van der Waals surface area contributed by atoms with Crippen LogP contribution in [0.3, 0.4) is 0 Å². The van der Waals surface area contributed by atoms with Gasteiger partial charge >= 0.3 is 5.97 Å². The molecule has 1 unspecified atom stereocenters. The standard InChI is InChI=1S/C13H14INO4/c1-13(12(18)19)4-5-15(7-13)11(17)9-6-8(14)2-3-10(9)16/h2-3,6,16H,4-5,7H2,1H3,(H,18,19). The van der Waals surface area contributed by atoms with Gasteiger partial charge in [-0.05, 0) is 54.1 Å². The van der Waals surface area contributed by atoms with Crippen LogP contribution in [0.5, 0.6) is 5.75 Å². The van der Waals surface area contributed by atoms with Crippen LogP contribution >= 0.6 is 22.6 Å². The minimum Gasteiger partial charge on any atom is -0.507 e. The second kappa shape index (κ2) is 4.99. The fourth-order valence-corrected chi connectivity index (χ4v) is 2.65. The van der Waals surface area contributed by atoms with E-state index in [1.54, 1.807) is 19.1 Å². The molecule has 2 N–H and O–H groups in total. The summed E-state index contributed by atoms with van der Waals surface area (Å²) in [7, 11) is 0. The van der Waals surface area contributed by atoms with Crippen molar-refractivity contribution in [3.8, 4) is 5.75 Å². The van der Waals surface area contributed by atoms with Crippen molar-refractivity contribution >= 4 is 34.5 Å². The zero-order valence-electron chi connectivity index (χ0n) is 10.4. The summed E-state index contributed by atoms with van der Waals surface area (Å²) in [5.74, 6) is -1.29. The number of amides is 1. The van der Waals surface area contributed by atoms with E-state index in [1.807, 2.05) is 0 Å². The van der Waals surface area contributed by atoms with Crippen molar-refractivity contribution < 1.29 is 19.8 Å². The lowest BCUT2D eigenvalue weighted by atomic mass is 9.90. The predicted molar refractivity (Wildman–Crippen MR) is 77.1 cm³/mol. The van der Waals surface area contributed by atoms with Gasteiger partial charge in [-0.2, -0.15) is 0 Å². The number of phenols is 1. The third kappa shape index (κ3) is 2.68. The smallest absolute Gasteiger partial charge is 0.311 e. The van der Waals surface area contributed by atoms with Gasteiger partial charge in [-0.3, -0.25) is 9.59 Å². The fraction of sp³-hybridized carbons (Fsp3) is 0.385. The lowest BCUT2D eigenvalue weighted by Crippen LogP contribution is -2.34. The van der Waals surface area contributed by atoms with Crippen molar-refractivity contribution in [3.63, 3.8) is 0 Å². The van der Waals surface area contributed by atoms with Crippen molar-refractivity contribution in [2.45, 2.75) is 13.3 Å². The monoisotopic (exact) mass is 375 g/mol. The van der Waals surface area contributed by atoms with E-state index in [2.05, 4.69) is 22.6 Å². The SMILES string of the molecule is CC1(C(=O)O)CCN(C(=O)c2cc(I)ccc2O)C1. The molecule has 2 rings (SSSR count). The molecular weight excluding hydrogens is 361 g/mol. The van der Waals surface area contributed by atoms with E-state index in [0.29, 0.717) is 13.0 Å². The Kier molecular flexibility index (Phi) is 3.71. The number of phenolic OH excluding ortho intramolecular Hbond substituents is 1. The summed E-state index contributed by atoms with van der Waals surface area (Å²) >= 11 is 2.06. The molecule has 1 amide bonds. The van der Waals surface area contributed by atoms with Gasteiger partial charge in [-0.15, -0.1) is 0 Å². The maximum Gasteiger partial charge on any atom is 0.311 e. The van der Waals surface area contributed by atoms with Crippen LogP contribution in [0, 0.1) is 8.99 Å². The summed E-state index contributed by atoms with van der Waals surface area (Å²) in [4.78, 5) is 24.9. The van der Waals surface area contributed by atoms with Crippen LogP contribution in [-0.4, -0.2) is 40.1 Å². The van der Waals surface area contributed by atoms with Crippen molar-refractivity contribution in [2.24, 2.45) is 5.41 Å². The predicted octanol–water partition coefficient (Wildman–Crippen LogP) is 1.93. The number of likely N-dealkylation sites (tertiary alicyclic amines) is 1. The number of carboxylic acid groups (broad SMARTS) is 1. The molecule has 0 saturated carbocycles. The van der Waals surface area contributed by atoms with Gasteiger partial charge in [0.25, 0.3) is 5.91 Å². The lowest BCUT2D eigenvalue weighted by molar-refractivity contribution is -0.147. The molecule has 19 heavy (non-hydrogen) atoms. The Balaban J connectivity index is 2.22. The van der Waals surface area contributed by atoms with Gasteiger partial charge < -0.3 is 15.1 Å². The third-order valence-electron chi connectivity index (χ3n) is 3.47. The molecule has 1 aromatic carbocycles. The molecule has 5 nitrogen and oxygen atoms in total. The van der Waals surface area contributed by atoms with E-state index in [-0.39, 0.29) is 23.8 Å². The summed E-state index contributed by atoms with van der Waals surface area (Å²) < 4.78 is 0.846. The first kappa shape index (κ1) is 14.1. The number of carbonyl (C=O) groups excluding carboxylic acids is 1. The van der Waals surface area contributed by atoms with Gasteiger partial charge in [0.15, 0.2) is 0 Å². The van der Waals surface area contributed by atoms with Crippen LogP contribution in [0.2, 0.25) is 0 Å². The number of nitrogens with zero attached hydrogens (tertiary/aromatic N) is 1. The summed E-state index contributed by atoms with van der Waals surface area (Å²) in [6.07, 6.45) is 0.429. The molecule has 1 aliphatic heterocycles. The van der Waals surface area contributed by atoms with Gasteiger partial charge in [-0.25, -0.2) is 0 Å². The zero-order valence-corrected chi connectivity index (χ0v) is 12.5. The average Bonchev–Trinajstić information content (AvgIpc) is 2.76. The first-order chi connectivity index (χ1) is 8.83. The number of rotatable bonds is 2. The largest absolute Gasteiger partial charge is 0.507 e. The molecule has 1 aliphatic rings. The number of hydrogen-bond acceptors (Lipinski definition) is 3. The molecule has 0 radical (unpaired) electrons. The molecule has 6 heteroatoms. The number of hydrogen-bond donors (Lipinski definition) is 2. The number of aromatic hydroxyl groups is 1. The third-order valence-corrected chi connectivity index (χ3v) is 4.14. The van der Waals surface area contributed by atoms with Crippen LogP contribution in [0.4, 0.5) is 0 Å². The van der Waals surface area contributed by atoms with E-state index in [1.165, 1.54) is 11.0 Å². The van der Waals surface area contributed by atoms with Crippen LogP contribution < -0.4 is 0 Å². The number of halogens is 1. The summed E-state index contributed by atoms with van der Waals surface area (Å²) in [6.45, 7) is 2.20. The molecular formula is C13H14INO4. The van der Waals surface area contributed by atoms with E-state index in [4.69, 9.17) is 5.11 Å². The number of carbonyl (C=O) groups is 2. The number of benzene rings is 1. The highest BCUT2D eigenvalue weighted by atomic mass is 127. The molecule has 1 heterocycles. The minimum atomic E-state index is -0.896. The van der Waals surface area contributed by atoms with Gasteiger partial charge in [-0.1, -0.05) is 0 Å². The molecule has 1 saturated heterocycles. The Morgan fingerprint density at radius 1 is 1.42 bits per heavy atom. The molecule has 1 aromatic rings. The Morgan fingerprint density at radius 2 is 2.11 bits per heavy atom. The molecule has 1 fully saturated rings. The van der Waals surface area contributed by atoms with E-state index in [9.17, 15) is 14.7 Å². The van der Waals surface area contributed by atoms with Crippen molar-refractivity contribution in [3.05, 3.63) is 27.3 Å². The first-order valence-electron chi connectivity index (χ1n) is 5.85. The quantitative estimate of drug-likeness (QED) is 0.775.